The summed E-state index contributed by atoms with van der Waals surface area (Å²) in [6.45, 7) is 1.90. The van der Waals surface area contributed by atoms with Crippen LogP contribution >= 0.6 is 11.6 Å². The van der Waals surface area contributed by atoms with Gasteiger partial charge in [-0.15, -0.1) is 0 Å². The van der Waals surface area contributed by atoms with Crippen LogP contribution in [0.4, 0.5) is 8.78 Å². The fourth-order valence-electron chi connectivity index (χ4n) is 1.04. The average Bonchev–Trinajstić information content (AvgIpc) is 2.41. The summed E-state index contributed by atoms with van der Waals surface area (Å²) in [4.78, 5) is 10.4. The maximum Gasteiger partial charge on any atom is 0.280 e. The van der Waals surface area contributed by atoms with Crippen LogP contribution in [0.25, 0.3) is 0 Å². The van der Waals surface area contributed by atoms with Crippen molar-refractivity contribution in [3.05, 3.63) is 16.4 Å². The first-order valence-corrected chi connectivity index (χ1v) is 3.99. The zero-order valence-corrected chi connectivity index (χ0v) is 7.55. The van der Waals surface area contributed by atoms with Gasteiger partial charge in [-0.3, -0.25) is 9.48 Å². The summed E-state index contributed by atoms with van der Waals surface area (Å²) in [5.41, 5.74) is -0.638. The predicted octanol–water partition coefficient (Wildman–Crippen LogP) is 2.31. The quantitative estimate of drug-likeness (QED) is 0.715. The summed E-state index contributed by atoms with van der Waals surface area (Å²) in [5.74, 6) is 0. The van der Waals surface area contributed by atoms with E-state index in [1.807, 2.05) is 0 Å². The van der Waals surface area contributed by atoms with Crippen LogP contribution in [-0.4, -0.2) is 16.1 Å². The van der Waals surface area contributed by atoms with E-state index >= 15 is 0 Å². The van der Waals surface area contributed by atoms with Crippen molar-refractivity contribution in [1.29, 1.82) is 0 Å². The maximum atomic E-state index is 12.4. The molecule has 1 aromatic heterocycles. The minimum absolute atomic E-state index is 0.174. The molecule has 6 heteroatoms. The summed E-state index contributed by atoms with van der Waals surface area (Å²) in [7, 11) is 0. The number of alkyl halides is 2. The van der Waals surface area contributed by atoms with Gasteiger partial charge < -0.3 is 0 Å². The third-order valence-corrected chi connectivity index (χ3v) is 1.89. The summed E-state index contributed by atoms with van der Waals surface area (Å²) in [6.07, 6.45) is -2.44. The van der Waals surface area contributed by atoms with Crippen LogP contribution in [0.5, 0.6) is 0 Å². The van der Waals surface area contributed by atoms with Gasteiger partial charge >= 0.3 is 0 Å². The average molecular weight is 209 g/mol. The molecule has 0 fully saturated rings. The van der Waals surface area contributed by atoms with E-state index < -0.39 is 12.1 Å². The molecule has 0 saturated heterocycles. The van der Waals surface area contributed by atoms with Crippen LogP contribution in [0.1, 0.15) is 29.4 Å². The van der Waals surface area contributed by atoms with Gasteiger partial charge in [0.25, 0.3) is 6.43 Å². The Morgan fingerprint density at radius 1 is 1.69 bits per heavy atom. The predicted molar refractivity (Wildman–Crippen MR) is 43.3 cm³/mol. The second-order valence-electron chi connectivity index (χ2n) is 2.32. The van der Waals surface area contributed by atoms with Gasteiger partial charge in [-0.1, -0.05) is 11.6 Å². The summed E-state index contributed by atoms with van der Waals surface area (Å²) in [6, 6.07) is 0. The van der Waals surface area contributed by atoms with Crippen molar-refractivity contribution >= 4 is 17.9 Å². The lowest BCUT2D eigenvalue weighted by Crippen LogP contribution is -2.04. The van der Waals surface area contributed by atoms with E-state index in [0.29, 0.717) is 6.29 Å². The van der Waals surface area contributed by atoms with E-state index in [0.717, 1.165) is 4.68 Å². The lowest BCUT2D eigenvalue weighted by molar-refractivity contribution is 0.110. The molecular weight excluding hydrogens is 202 g/mol. The monoisotopic (exact) mass is 208 g/mol. The highest BCUT2D eigenvalue weighted by Crippen LogP contribution is 2.26. The van der Waals surface area contributed by atoms with Crippen LogP contribution in [0.3, 0.4) is 0 Å². The Balaban J connectivity index is 3.32. The van der Waals surface area contributed by atoms with Crippen molar-refractivity contribution in [3.63, 3.8) is 0 Å². The number of aryl methyl sites for hydroxylation is 1. The number of nitrogens with zero attached hydrogens (tertiary/aromatic N) is 2. The molecular formula is C7H7ClF2N2O. The van der Waals surface area contributed by atoms with Crippen molar-refractivity contribution in [2.75, 3.05) is 0 Å². The molecule has 72 valence electrons. The van der Waals surface area contributed by atoms with Crippen molar-refractivity contribution in [3.8, 4) is 0 Å². The number of carbonyl (C=O) groups excluding carboxylic acids is 1. The SMILES string of the molecule is CCn1nc(Cl)c(C=O)c1C(F)F. The Morgan fingerprint density at radius 2 is 2.31 bits per heavy atom. The molecule has 1 rings (SSSR count). The molecule has 13 heavy (non-hydrogen) atoms. The van der Waals surface area contributed by atoms with Crippen molar-refractivity contribution < 1.29 is 13.6 Å². The minimum Gasteiger partial charge on any atom is -0.298 e. The van der Waals surface area contributed by atoms with Gasteiger partial charge in [-0.25, -0.2) is 8.78 Å². The topological polar surface area (TPSA) is 34.9 Å². The molecule has 0 aliphatic carbocycles. The first-order chi connectivity index (χ1) is 6.11. The third kappa shape index (κ3) is 1.70. The van der Waals surface area contributed by atoms with Gasteiger partial charge in [-0.05, 0) is 6.92 Å². The number of aldehydes is 1. The molecule has 3 nitrogen and oxygen atoms in total. The second-order valence-corrected chi connectivity index (χ2v) is 2.68. The Bertz CT molecular complexity index is 325. The standard InChI is InChI=1S/C7H7ClF2N2O/c1-2-12-5(7(9)10)4(3-13)6(8)11-12/h3,7H,2H2,1H3. The van der Waals surface area contributed by atoms with E-state index in [1.165, 1.54) is 0 Å². The highest BCUT2D eigenvalue weighted by Gasteiger charge is 2.22. The van der Waals surface area contributed by atoms with E-state index in [-0.39, 0.29) is 17.3 Å². The summed E-state index contributed by atoms with van der Waals surface area (Å²) >= 11 is 5.48. The van der Waals surface area contributed by atoms with Crippen LogP contribution in [0.15, 0.2) is 0 Å². The van der Waals surface area contributed by atoms with Crippen LogP contribution in [0, 0.1) is 0 Å². The minimum atomic E-state index is -2.74. The highest BCUT2D eigenvalue weighted by atomic mass is 35.5. The Labute approximate surface area is 78.3 Å². The number of aromatic nitrogens is 2. The van der Waals surface area contributed by atoms with Crippen molar-refractivity contribution in [2.45, 2.75) is 19.9 Å². The molecule has 0 bridgehead atoms. The smallest absolute Gasteiger partial charge is 0.280 e. The number of halogens is 3. The molecule has 0 aromatic carbocycles. The van der Waals surface area contributed by atoms with E-state index in [2.05, 4.69) is 5.10 Å². The van der Waals surface area contributed by atoms with Crippen molar-refractivity contribution in [1.82, 2.24) is 9.78 Å². The molecule has 1 aromatic rings. The summed E-state index contributed by atoms with van der Waals surface area (Å²) in [5, 5.41) is 3.42. The van der Waals surface area contributed by atoms with Gasteiger partial charge in [0.1, 0.15) is 5.69 Å². The number of carbonyl (C=O) groups is 1. The lowest BCUT2D eigenvalue weighted by atomic mass is 10.3. The highest BCUT2D eigenvalue weighted by molar-refractivity contribution is 6.31. The number of hydrogen-bond donors (Lipinski definition) is 0. The molecule has 0 saturated carbocycles. The molecule has 0 atom stereocenters. The first kappa shape index (κ1) is 10.1. The maximum absolute atomic E-state index is 12.4. The van der Waals surface area contributed by atoms with Crippen LogP contribution in [-0.2, 0) is 6.54 Å². The Kier molecular flexibility index (Phi) is 2.98. The molecule has 0 aliphatic rings. The molecule has 0 aliphatic heterocycles. The number of rotatable bonds is 3. The molecule has 0 unspecified atom stereocenters. The van der Waals surface area contributed by atoms with Crippen LogP contribution in [0.2, 0.25) is 5.15 Å². The molecule has 0 amide bonds. The molecule has 0 spiro atoms. The Hall–Kier alpha value is -0.970. The largest absolute Gasteiger partial charge is 0.298 e. The zero-order valence-electron chi connectivity index (χ0n) is 6.80. The lowest BCUT2D eigenvalue weighted by Gasteiger charge is -2.02. The fraction of sp³-hybridized carbons (Fsp3) is 0.429. The van der Waals surface area contributed by atoms with Crippen LogP contribution < -0.4 is 0 Å². The molecule has 0 N–H and O–H groups in total. The van der Waals surface area contributed by atoms with Gasteiger partial charge in [0, 0.05) is 6.54 Å². The molecule has 1 heterocycles. The first-order valence-electron chi connectivity index (χ1n) is 3.61. The van der Waals surface area contributed by atoms with Gasteiger partial charge in [0.15, 0.2) is 11.4 Å². The van der Waals surface area contributed by atoms with Crippen molar-refractivity contribution in [2.24, 2.45) is 0 Å². The fourth-order valence-corrected chi connectivity index (χ4v) is 1.27. The van der Waals surface area contributed by atoms with E-state index in [9.17, 15) is 13.6 Å². The second kappa shape index (κ2) is 3.83. The Morgan fingerprint density at radius 3 is 2.69 bits per heavy atom. The van der Waals surface area contributed by atoms with Gasteiger partial charge in [0.2, 0.25) is 0 Å². The molecule has 0 radical (unpaired) electrons. The third-order valence-electron chi connectivity index (χ3n) is 1.61. The van der Waals surface area contributed by atoms with Gasteiger partial charge in [-0.2, -0.15) is 5.10 Å². The van der Waals surface area contributed by atoms with Gasteiger partial charge in [0.05, 0.1) is 5.56 Å². The van der Waals surface area contributed by atoms with E-state index in [4.69, 9.17) is 11.6 Å². The number of hydrogen-bond acceptors (Lipinski definition) is 2. The zero-order chi connectivity index (χ0) is 10.0. The summed E-state index contributed by atoms with van der Waals surface area (Å²) < 4.78 is 25.8. The normalized spacial score (nSPS) is 10.8. The van der Waals surface area contributed by atoms with E-state index in [1.54, 1.807) is 6.92 Å².